The van der Waals surface area contributed by atoms with E-state index < -0.39 is 0 Å². The summed E-state index contributed by atoms with van der Waals surface area (Å²) in [5, 5.41) is 11.4. The van der Waals surface area contributed by atoms with Gasteiger partial charge in [0.1, 0.15) is 23.7 Å². The Hall–Kier alpha value is -2.31. The molecule has 116 valence electrons. The third-order valence-electron chi connectivity index (χ3n) is 3.71. The number of rotatable bonds is 2. The minimum absolute atomic E-state index is 0.215. The van der Waals surface area contributed by atoms with Crippen LogP contribution in [-0.2, 0) is 0 Å². The highest BCUT2D eigenvalue weighted by molar-refractivity contribution is 6.43. The molecule has 0 unspecified atom stereocenters. The van der Waals surface area contributed by atoms with Crippen molar-refractivity contribution in [2.24, 2.45) is 0 Å². The molecule has 23 heavy (non-hydrogen) atoms. The van der Waals surface area contributed by atoms with Crippen molar-refractivity contribution in [2.75, 3.05) is 6.61 Å². The zero-order valence-electron chi connectivity index (χ0n) is 11.7. The van der Waals surface area contributed by atoms with E-state index in [4.69, 9.17) is 27.9 Å². The van der Waals surface area contributed by atoms with Crippen LogP contribution in [-0.4, -0.2) is 27.1 Å². The molecule has 3 aromatic rings. The molecule has 6 nitrogen and oxygen atoms in total. The molecule has 8 heteroatoms. The van der Waals surface area contributed by atoms with E-state index in [1.165, 1.54) is 0 Å². The van der Waals surface area contributed by atoms with E-state index >= 15 is 0 Å². The lowest BCUT2D eigenvalue weighted by Crippen LogP contribution is -2.29. The minimum atomic E-state index is -0.274. The van der Waals surface area contributed by atoms with Gasteiger partial charge in [0.2, 0.25) is 0 Å². The van der Waals surface area contributed by atoms with Crippen molar-refractivity contribution < 1.29 is 9.53 Å². The highest BCUT2D eigenvalue weighted by Crippen LogP contribution is 2.42. The van der Waals surface area contributed by atoms with Gasteiger partial charge in [-0.2, -0.15) is 0 Å². The lowest BCUT2D eigenvalue weighted by atomic mass is 10.1. The monoisotopic (exact) mass is 348 g/mol. The molecule has 0 aliphatic carbocycles. The molecule has 0 spiro atoms. The largest absolute Gasteiger partial charge is 0.489 e. The van der Waals surface area contributed by atoms with Crippen molar-refractivity contribution in [3.05, 3.63) is 58.0 Å². The Labute approximate surface area is 141 Å². The molecule has 0 fully saturated rings. The molecular formula is C15H10Cl2N4O2. The van der Waals surface area contributed by atoms with Crippen molar-refractivity contribution in [1.29, 1.82) is 0 Å². The summed E-state index contributed by atoms with van der Waals surface area (Å²) in [5.74, 6) is 0.312. The van der Waals surface area contributed by atoms with E-state index in [1.54, 1.807) is 35.1 Å². The summed E-state index contributed by atoms with van der Waals surface area (Å²) in [6, 6.07) is 6.66. The number of benzene rings is 1. The first-order valence-corrected chi connectivity index (χ1v) is 7.60. The maximum Gasteiger partial charge on any atom is 0.253 e. The van der Waals surface area contributed by atoms with E-state index in [0.29, 0.717) is 33.6 Å². The Morgan fingerprint density at radius 3 is 3.04 bits per heavy atom. The third kappa shape index (κ3) is 2.40. The summed E-state index contributed by atoms with van der Waals surface area (Å²) in [6.07, 6.45) is 3.22. The van der Waals surface area contributed by atoms with Crippen molar-refractivity contribution >= 4 is 34.8 Å². The summed E-state index contributed by atoms with van der Waals surface area (Å²) in [4.78, 5) is 12.4. The zero-order chi connectivity index (χ0) is 16.0. The van der Waals surface area contributed by atoms with Crippen molar-refractivity contribution in [3.63, 3.8) is 0 Å². The van der Waals surface area contributed by atoms with Crippen molar-refractivity contribution in [2.45, 2.75) is 6.04 Å². The molecule has 0 radical (unpaired) electrons. The van der Waals surface area contributed by atoms with Gasteiger partial charge >= 0.3 is 0 Å². The van der Waals surface area contributed by atoms with E-state index in [9.17, 15) is 4.79 Å². The van der Waals surface area contributed by atoms with Gasteiger partial charge in [0, 0.05) is 11.8 Å². The number of amides is 1. The number of nitrogens with one attached hydrogen (secondary N) is 1. The predicted octanol–water partition coefficient (Wildman–Crippen LogP) is 2.90. The van der Waals surface area contributed by atoms with Gasteiger partial charge in [-0.05, 0) is 18.2 Å². The van der Waals surface area contributed by atoms with E-state index in [0.717, 1.165) is 5.56 Å². The molecule has 3 heterocycles. The van der Waals surface area contributed by atoms with Gasteiger partial charge in [0.05, 0.1) is 16.6 Å². The van der Waals surface area contributed by atoms with Crippen LogP contribution >= 0.6 is 23.2 Å². The molecule has 1 aromatic carbocycles. The summed E-state index contributed by atoms with van der Waals surface area (Å²) in [7, 11) is 0. The van der Waals surface area contributed by atoms with Crippen LogP contribution in [0.15, 0.2) is 36.8 Å². The highest BCUT2D eigenvalue weighted by atomic mass is 35.5. The second-order valence-corrected chi connectivity index (χ2v) is 5.92. The lowest BCUT2D eigenvalue weighted by Gasteiger charge is -2.12. The zero-order valence-corrected chi connectivity index (χ0v) is 13.2. The fourth-order valence-electron chi connectivity index (χ4n) is 2.55. The number of fused-ring (bicyclic) bond motifs is 2. The quantitative estimate of drug-likeness (QED) is 0.773. The third-order valence-corrected chi connectivity index (χ3v) is 4.50. The minimum Gasteiger partial charge on any atom is -0.489 e. The van der Waals surface area contributed by atoms with Crippen LogP contribution < -0.4 is 10.1 Å². The number of halogens is 2. The fourth-order valence-corrected chi connectivity index (χ4v) is 2.92. The number of carbonyl (C=O) groups is 1. The Morgan fingerprint density at radius 2 is 2.17 bits per heavy atom. The van der Waals surface area contributed by atoms with Gasteiger partial charge in [-0.1, -0.05) is 29.3 Å². The molecule has 1 aliphatic heterocycles. The van der Waals surface area contributed by atoms with Crippen LogP contribution in [0.5, 0.6) is 5.75 Å². The Morgan fingerprint density at radius 1 is 1.30 bits per heavy atom. The maximum absolute atomic E-state index is 12.4. The fraction of sp³-hybridized carbons (Fsp3) is 0.133. The Bertz CT molecular complexity index is 925. The number of aromatic nitrogens is 3. The second kappa shape index (κ2) is 5.40. The van der Waals surface area contributed by atoms with Gasteiger partial charge in [0.25, 0.3) is 5.91 Å². The summed E-state index contributed by atoms with van der Waals surface area (Å²) in [5.41, 5.74) is 2.00. The molecule has 2 aromatic heterocycles. The first-order chi connectivity index (χ1) is 11.1. The highest BCUT2D eigenvalue weighted by Gasteiger charge is 2.28. The van der Waals surface area contributed by atoms with Crippen LogP contribution in [0.2, 0.25) is 10.0 Å². The number of hydrogen-bond acceptors (Lipinski definition) is 4. The summed E-state index contributed by atoms with van der Waals surface area (Å²) in [6.45, 7) is 0.315. The van der Waals surface area contributed by atoms with Crippen LogP contribution in [0.4, 0.5) is 0 Å². The number of nitrogens with zero attached hydrogens (tertiary/aromatic N) is 3. The predicted molar refractivity (Wildman–Crippen MR) is 85.2 cm³/mol. The molecule has 0 saturated carbocycles. The molecule has 0 bridgehead atoms. The molecule has 1 amide bonds. The normalized spacial score (nSPS) is 16.2. The molecular weight excluding hydrogens is 339 g/mol. The summed E-state index contributed by atoms with van der Waals surface area (Å²) < 4.78 is 7.25. The van der Waals surface area contributed by atoms with E-state index in [1.807, 2.05) is 6.07 Å². The van der Waals surface area contributed by atoms with Crippen molar-refractivity contribution in [1.82, 2.24) is 19.9 Å². The second-order valence-electron chi connectivity index (χ2n) is 5.13. The standard InChI is InChI=1S/C15H10Cl2N4O2/c16-10-3-2-9-11(6-23-14(9)13(10)17)19-15(22)8-1-4-12-20-18-7-21(12)5-8/h1-5,7,11H,6H2,(H,19,22)/t11-/m1/s1. The molecule has 1 aliphatic rings. The van der Waals surface area contributed by atoms with Crippen molar-refractivity contribution in [3.8, 4) is 5.75 Å². The number of carbonyl (C=O) groups excluding carboxylic acids is 1. The molecule has 4 rings (SSSR count). The summed E-state index contributed by atoms with van der Waals surface area (Å²) >= 11 is 12.1. The van der Waals surface area contributed by atoms with E-state index in [2.05, 4.69) is 15.5 Å². The smallest absolute Gasteiger partial charge is 0.253 e. The topological polar surface area (TPSA) is 68.5 Å². The van der Waals surface area contributed by atoms with Crippen LogP contribution in [0.1, 0.15) is 22.0 Å². The molecule has 1 atom stereocenters. The Balaban J connectivity index is 1.60. The van der Waals surface area contributed by atoms with Gasteiger partial charge in [-0.3, -0.25) is 9.20 Å². The average Bonchev–Trinajstić information content (AvgIpc) is 3.17. The molecule has 1 N–H and O–H groups in total. The van der Waals surface area contributed by atoms with Gasteiger partial charge in [-0.15, -0.1) is 10.2 Å². The van der Waals surface area contributed by atoms with E-state index in [-0.39, 0.29) is 11.9 Å². The van der Waals surface area contributed by atoms with Crippen LogP contribution in [0.25, 0.3) is 5.65 Å². The average molecular weight is 349 g/mol. The maximum atomic E-state index is 12.4. The first-order valence-electron chi connectivity index (χ1n) is 6.84. The van der Waals surface area contributed by atoms with Gasteiger partial charge in [0.15, 0.2) is 5.65 Å². The Kier molecular flexibility index (Phi) is 3.36. The van der Waals surface area contributed by atoms with Crippen LogP contribution in [0.3, 0.4) is 0 Å². The number of hydrogen-bond donors (Lipinski definition) is 1. The molecule has 0 saturated heterocycles. The SMILES string of the molecule is O=C(N[C@@H]1COc2c1ccc(Cl)c2Cl)c1ccc2nncn2c1. The van der Waals surface area contributed by atoms with Gasteiger partial charge in [-0.25, -0.2) is 0 Å². The van der Waals surface area contributed by atoms with Crippen LogP contribution in [0, 0.1) is 0 Å². The first kappa shape index (κ1) is 14.3. The lowest BCUT2D eigenvalue weighted by molar-refractivity contribution is 0.0930. The number of ether oxygens (including phenoxy) is 1. The number of pyridine rings is 1. The van der Waals surface area contributed by atoms with Gasteiger partial charge < -0.3 is 10.1 Å².